The highest BCUT2D eigenvalue weighted by Gasteiger charge is 2.15. The van der Waals surface area contributed by atoms with Gasteiger partial charge in [0.25, 0.3) is 5.69 Å². The highest BCUT2D eigenvalue weighted by atomic mass is 35.5. The molecule has 0 amide bonds. The predicted octanol–water partition coefficient (Wildman–Crippen LogP) is 2.45. The van der Waals surface area contributed by atoms with Crippen LogP contribution < -0.4 is 10.6 Å². The Morgan fingerprint density at radius 1 is 1.58 bits per heavy atom. The molecule has 0 aromatic carbocycles. The molecule has 7 heteroatoms. The van der Waals surface area contributed by atoms with Crippen molar-refractivity contribution in [2.24, 2.45) is 11.7 Å². The Balaban J connectivity index is 2.72. The average Bonchev–Trinajstić information content (AvgIpc) is 2.34. The Morgan fingerprint density at radius 3 is 2.68 bits per heavy atom. The molecule has 0 aliphatic rings. The first-order chi connectivity index (χ1) is 8.82. The molecule has 1 atom stereocenters. The quantitative estimate of drug-likeness (QED) is 0.641. The maximum Gasteiger partial charge on any atom is 0.289 e. The van der Waals surface area contributed by atoms with Gasteiger partial charge in [-0.05, 0) is 12.3 Å². The number of hydrogen-bond donors (Lipinski definition) is 1. The molecule has 0 aliphatic carbocycles. The van der Waals surface area contributed by atoms with Crippen LogP contribution in [0.5, 0.6) is 0 Å². The van der Waals surface area contributed by atoms with Gasteiger partial charge in [0.2, 0.25) is 0 Å². The Hall–Kier alpha value is -1.40. The number of hydrogen-bond acceptors (Lipinski definition) is 5. The van der Waals surface area contributed by atoms with Crippen molar-refractivity contribution in [2.45, 2.75) is 26.3 Å². The fourth-order valence-electron chi connectivity index (χ4n) is 1.58. The van der Waals surface area contributed by atoms with Crippen LogP contribution >= 0.6 is 11.6 Å². The fraction of sp³-hybridized carbons (Fsp3) is 0.583. The van der Waals surface area contributed by atoms with Crippen LogP contribution in [-0.2, 0) is 0 Å². The Labute approximate surface area is 117 Å². The Bertz CT molecular complexity index is 453. The van der Waals surface area contributed by atoms with Crippen LogP contribution in [-0.4, -0.2) is 29.5 Å². The number of pyridine rings is 1. The number of nitro groups is 1. The third-order valence-corrected chi connectivity index (χ3v) is 3.31. The summed E-state index contributed by atoms with van der Waals surface area (Å²) >= 11 is 6.01. The van der Waals surface area contributed by atoms with E-state index in [1.807, 2.05) is 11.9 Å². The molecular weight excluding hydrogens is 268 g/mol. The van der Waals surface area contributed by atoms with Crippen LogP contribution in [0.1, 0.15) is 20.3 Å². The van der Waals surface area contributed by atoms with Gasteiger partial charge in [0.1, 0.15) is 12.0 Å². The minimum atomic E-state index is -0.517. The Morgan fingerprint density at radius 2 is 2.21 bits per heavy atom. The number of nitrogens with zero attached hydrogens (tertiary/aromatic N) is 3. The summed E-state index contributed by atoms with van der Waals surface area (Å²) in [5.41, 5.74) is 5.87. The van der Waals surface area contributed by atoms with Crippen LogP contribution in [0, 0.1) is 16.0 Å². The lowest BCUT2D eigenvalue weighted by Gasteiger charge is -2.22. The largest absolute Gasteiger partial charge is 0.358 e. The fourth-order valence-corrected chi connectivity index (χ4v) is 1.89. The van der Waals surface area contributed by atoms with Gasteiger partial charge in [-0.25, -0.2) is 4.98 Å². The summed E-state index contributed by atoms with van der Waals surface area (Å²) in [7, 11) is 1.84. The second kappa shape index (κ2) is 6.68. The highest BCUT2D eigenvalue weighted by Crippen LogP contribution is 2.26. The van der Waals surface area contributed by atoms with Crippen LogP contribution in [0.25, 0.3) is 0 Å². The smallest absolute Gasteiger partial charge is 0.289 e. The number of aromatic nitrogens is 1. The maximum atomic E-state index is 10.6. The molecule has 0 radical (unpaired) electrons. The average molecular weight is 287 g/mol. The molecule has 1 aromatic heterocycles. The summed E-state index contributed by atoms with van der Waals surface area (Å²) in [5.74, 6) is 0.942. The second-order valence-electron chi connectivity index (χ2n) is 4.87. The van der Waals surface area contributed by atoms with Crippen LogP contribution in [0.2, 0.25) is 5.02 Å². The normalized spacial score (nSPS) is 12.5. The summed E-state index contributed by atoms with van der Waals surface area (Å²) in [6, 6.07) is 1.42. The van der Waals surface area contributed by atoms with Gasteiger partial charge < -0.3 is 10.6 Å². The molecule has 0 fully saturated rings. The van der Waals surface area contributed by atoms with E-state index >= 15 is 0 Å². The second-order valence-corrected chi connectivity index (χ2v) is 5.28. The van der Waals surface area contributed by atoms with Crippen LogP contribution in [0.4, 0.5) is 11.5 Å². The van der Waals surface area contributed by atoms with Crippen LogP contribution in [0.15, 0.2) is 12.3 Å². The van der Waals surface area contributed by atoms with Gasteiger partial charge in [-0.15, -0.1) is 0 Å². The molecule has 0 bridgehead atoms. The number of nitrogens with two attached hydrogens (primary N) is 1. The maximum absolute atomic E-state index is 10.6. The van der Waals surface area contributed by atoms with Gasteiger partial charge in [-0.2, -0.15) is 0 Å². The first kappa shape index (κ1) is 15.7. The number of halogens is 1. The molecular formula is C12H19ClN4O2. The van der Waals surface area contributed by atoms with Gasteiger partial charge in [0.05, 0.1) is 9.95 Å². The monoisotopic (exact) mass is 286 g/mol. The van der Waals surface area contributed by atoms with Crippen molar-refractivity contribution in [3.63, 3.8) is 0 Å². The van der Waals surface area contributed by atoms with E-state index in [4.69, 9.17) is 17.3 Å². The zero-order chi connectivity index (χ0) is 14.6. The molecule has 19 heavy (non-hydrogen) atoms. The van der Waals surface area contributed by atoms with E-state index in [-0.39, 0.29) is 16.8 Å². The lowest BCUT2D eigenvalue weighted by atomic mass is 10.0. The topological polar surface area (TPSA) is 85.3 Å². The third-order valence-electron chi connectivity index (χ3n) is 3.03. The van der Waals surface area contributed by atoms with Gasteiger partial charge >= 0.3 is 0 Å². The molecule has 1 unspecified atom stereocenters. The first-order valence-corrected chi connectivity index (χ1v) is 6.47. The molecule has 0 aliphatic heterocycles. The summed E-state index contributed by atoms with van der Waals surface area (Å²) < 4.78 is 0. The van der Waals surface area contributed by atoms with Gasteiger partial charge in [0.15, 0.2) is 0 Å². The van der Waals surface area contributed by atoms with Crippen molar-refractivity contribution in [3.05, 3.63) is 27.4 Å². The van der Waals surface area contributed by atoms with E-state index in [9.17, 15) is 10.1 Å². The molecule has 0 saturated heterocycles. The summed E-state index contributed by atoms with van der Waals surface area (Å²) in [5, 5.41) is 10.9. The number of anilines is 1. The lowest BCUT2D eigenvalue weighted by molar-refractivity contribution is -0.385. The van der Waals surface area contributed by atoms with Crippen LogP contribution in [0.3, 0.4) is 0 Å². The summed E-state index contributed by atoms with van der Waals surface area (Å²) in [4.78, 5) is 16.0. The molecule has 6 nitrogen and oxygen atoms in total. The zero-order valence-corrected chi connectivity index (χ0v) is 12.1. The molecule has 1 aromatic rings. The molecule has 106 valence electrons. The van der Waals surface area contributed by atoms with Crippen molar-refractivity contribution in [1.82, 2.24) is 4.98 Å². The standard InChI is InChI=1S/C12H19ClN4O2/c1-8(2)11(14)4-5-16(3)12-10(13)6-9(7-15-12)17(18)19/h6-8,11H,4-5,14H2,1-3H3. The van der Waals surface area contributed by atoms with E-state index in [0.29, 0.717) is 18.3 Å². The zero-order valence-electron chi connectivity index (χ0n) is 11.3. The molecule has 0 saturated carbocycles. The molecule has 2 N–H and O–H groups in total. The van der Waals surface area contributed by atoms with E-state index in [1.165, 1.54) is 12.3 Å². The van der Waals surface area contributed by atoms with E-state index < -0.39 is 4.92 Å². The van der Waals surface area contributed by atoms with Gasteiger partial charge in [-0.1, -0.05) is 25.4 Å². The van der Waals surface area contributed by atoms with Crippen molar-refractivity contribution < 1.29 is 4.92 Å². The lowest BCUT2D eigenvalue weighted by Crippen LogP contribution is -2.32. The summed E-state index contributed by atoms with van der Waals surface area (Å²) in [6.45, 7) is 4.84. The highest BCUT2D eigenvalue weighted by molar-refractivity contribution is 6.33. The molecule has 1 rings (SSSR count). The Kier molecular flexibility index (Phi) is 5.50. The van der Waals surface area contributed by atoms with Gasteiger partial charge in [0, 0.05) is 25.7 Å². The minimum Gasteiger partial charge on any atom is -0.358 e. The van der Waals surface area contributed by atoms with Crippen molar-refractivity contribution in [3.8, 4) is 0 Å². The minimum absolute atomic E-state index is 0.110. The van der Waals surface area contributed by atoms with Crippen molar-refractivity contribution in [2.75, 3.05) is 18.5 Å². The molecule has 0 spiro atoms. The summed E-state index contributed by atoms with van der Waals surface area (Å²) in [6.07, 6.45) is 2.02. The third kappa shape index (κ3) is 4.33. The molecule has 1 heterocycles. The van der Waals surface area contributed by atoms with Crippen molar-refractivity contribution >= 4 is 23.1 Å². The number of rotatable bonds is 6. The SMILES string of the molecule is CC(C)C(N)CCN(C)c1ncc([N+](=O)[O-])cc1Cl. The van der Waals surface area contributed by atoms with Gasteiger partial charge in [-0.3, -0.25) is 10.1 Å². The predicted molar refractivity (Wildman–Crippen MR) is 76.6 cm³/mol. The van der Waals surface area contributed by atoms with E-state index in [0.717, 1.165) is 6.42 Å². The first-order valence-electron chi connectivity index (χ1n) is 6.09. The van der Waals surface area contributed by atoms with E-state index in [1.54, 1.807) is 0 Å². The van der Waals surface area contributed by atoms with Crippen molar-refractivity contribution in [1.29, 1.82) is 0 Å². The van der Waals surface area contributed by atoms with E-state index in [2.05, 4.69) is 18.8 Å².